The van der Waals surface area contributed by atoms with E-state index in [0.717, 1.165) is 0 Å². The van der Waals surface area contributed by atoms with Crippen LogP contribution in [0.15, 0.2) is 42.5 Å². The molecule has 1 unspecified atom stereocenters. The zero-order chi connectivity index (χ0) is 22.2. The van der Waals surface area contributed by atoms with Crippen molar-refractivity contribution in [1.29, 1.82) is 5.26 Å². The first-order valence-electron chi connectivity index (χ1n) is 9.49. The van der Waals surface area contributed by atoms with Crippen molar-refractivity contribution in [3.05, 3.63) is 59.3 Å². The minimum Gasteiger partial charge on any atom is -0.464 e. The number of aromatic nitrogens is 2. The molecule has 8 heteroatoms. The van der Waals surface area contributed by atoms with Crippen LogP contribution < -0.4 is 0 Å². The topological polar surface area (TPSA) is 108 Å². The van der Waals surface area contributed by atoms with Gasteiger partial charge in [-0.1, -0.05) is 17.9 Å². The molecular weight excluding hydrogens is 396 g/mol. The highest BCUT2D eigenvalue weighted by Crippen LogP contribution is 2.25. The number of nitriles is 1. The van der Waals surface area contributed by atoms with Gasteiger partial charge in [0.1, 0.15) is 0 Å². The third kappa shape index (κ3) is 3.50. The van der Waals surface area contributed by atoms with Crippen molar-refractivity contribution < 1.29 is 19.4 Å². The predicted octanol–water partition coefficient (Wildman–Crippen LogP) is 1.63. The number of rotatable bonds is 2. The number of methoxy groups -OCH3 is 1. The van der Waals surface area contributed by atoms with Crippen LogP contribution in [0, 0.1) is 23.2 Å². The first-order valence-corrected chi connectivity index (χ1v) is 9.49. The Morgan fingerprint density at radius 1 is 1.26 bits per heavy atom. The van der Waals surface area contributed by atoms with Crippen LogP contribution in [0.3, 0.4) is 0 Å². The first-order chi connectivity index (χ1) is 14.9. The van der Waals surface area contributed by atoms with Crippen LogP contribution in [-0.4, -0.2) is 58.0 Å². The van der Waals surface area contributed by atoms with Gasteiger partial charge in [0, 0.05) is 31.0 Å². The summed E-state index contributed by atoms with van der Waals surface area (Å²) < 4.78 is 6.37. The van der Waals surface area contributed by atoms with E-state index >= 15 is 0 Å². The van der Waals surface area contributed by atoms with Gasteiger partial charge in [-0.25, -0.2) is 9.48 Å². The summed E-state index contributed by atoms with van der Waals surface area (Å²) in [7, 11) is 2.90. The summed E-state index contributed by atoms with van der Waals surface area (Å²) in [6.07, 6.45) is 0.248. The van der Waals surface area contributed by atoms with Crippen LogP contribution in [0.1, 0.15) is 28.0 Å². The lowest BCUT2D eigenvalue weighted by atomic mass is 10.0. The Morgan fingerprint density at radius 3 is 2.74 bits per heavy atom. The van der Waals surface area contributed by atoms with Gasteiger partial charge < -0.3 is 14.7 Å². The number of aliphatic hydroxyl groups is 1. The number of likely N-dealkylation sites (N-methyl/N-ethyl adjacent to an activating group) is 1. The summed E-state index contributed by atoms with van der Waals surface area (Å²) in [5.74, 6) is 4.55. The van der Waals surface area contributed by atoms with Gasteiger partial charge >= 0.3 is 5.97 Å². The van der Waals surface area contributed by atoms with Crippen LogP contribution in [-0.2, 0) is 9.53 Å². The Labute approximate surface area is 178 Å². The van der Waals surface area contributed by atoms with Crippen molar-refractivity contribution in [2.24, 2.45) is 0 Å². The molecule has 1 fully saturated rings. The third-order valence-corrected chi connectivity index (χ3v) is 5.20. The lowest BCUT2D eigenvalue weighted by molar-refractivity contribution is -0.137. The molecule has 2 aromatic carbocycles. The molecule has 0 saturated carbocycles. The molecule has 154 valence electrons. The quantitative estimate of drug-likeness (QED) is 0.504. The standard InChI is InChI=1S/C23H18N4O4/c1-26-11-10-23(30,22(26)29)9-8-15-4-3-5-17(12-15)27-19-13-16(14-24)6-7-18(19)20(25-27)21(28)31-2/h3-7,12-13,30H,10-11H2,1-2H3. The van der Waals surface area contributed by atoms with Crippen LogP contribution in [0.25, 0.3) is 16.6 Å². The Kier molecular flexibility index (Phi) is 4.94. The van der Waals surface area contributed by atoms with E-state index in [1.54, 1.807) is 49.5 Å². The van der Waals surface area contributed by atoms with Crippen molar-refractivity contribution in [3.63, 3.8) is 0 Å². The zero-order valence-electron chi connectivity index (χ0n) is 16.9. The largest absolute Gasteiger partial charge is 0.464 e. The first kappa shape index (κ1) is 20.1. The number of hydrogen-bond acceptors (Lipinski definition) is 6. The molecule has 0 radical (unpaired) electrons. The minimum absolute atomic E-state index is 0.132. The lowest BCUT2D eigenvalue weighted by Crippen LogP contribution is -2.37. The number of nitrogens with zero attached hydrogens (tertiary/aromatic N) is 4. The fourth-order valence-electron chi connectivity index (χ4n) is 3.49. The van der Waals surface area contributed by atoms with E-state index in [-0.39, 0.29) is 12.1 Å². The molecule has 1 atom stereocenters. The predicted molar refractivity (Wildman–Crippen MR) is 111 cm³/mol. The molecule has 2 heterocycles. The van der Waals surface area contributed by atoms with Crippen LogP contribution >= 0.6 is 0 Å². The van der Waals surface area contributed by atoms with Crippen molar-refractivity contribution in [1.82, 2.24) is 14.7 Å². The normalized spacial score (nSPS) is 17.9. The van der Waals surface area contributed by atoms with E-state index in [1.807, 2.05) is 0 Å². The molecule has 1 N–H and O–H groups in total. The summed E-state index contributed by atoms with van der Waals surface area (Å²) >= 11 is 0. The monoisotopic (exact) mass is 414 g/mol. The second-order valence-corrected chi connectivity index (χ2v) is 7.23. The van der Waals surface area contributed by atoms with Gasteiger partial charge in [0.05, 0.1) is 29.9 Å². The molecular formula is C23H18N4O4. The highest BCUT2D eigenvalue weighted by molar-refractivity contribution is 6.02. The average molecular weight is 414 g/mol. The van der Waals surface area contributed by atoms with E-state index in [0.29, 0.717) is 34.3 Å². The van der Waals surface area contributed by atoms with Gasteiger partial charge in [-0.2, -0.15) is 10.4 Å². The van der Waals surface area contributed by atoms with E-state index in [1.165, 1.54) is 16.7 Å². The van der Waals surface area contributed by atoms with Crippen molar-refractivity contribution >= 4 is 22.8 Å². The molecule has 1 aromatic heterocycles. The van der Waals surface area contributed by atoms with Gasteiger partial charge in [0.25, 0.3) is 5.91 Å². The van der Waals surface area contributed by atoms with Gasteiger partial charge in [-0.3, -0.25) is 4.79 Å². The molecule has 0 aliphatic carbocycles. The fourth-order valence-corrected chi connectivity index (χ4v) is 3.49. The Hall–Kier alpha value is -4.14. The van der Waals surface area contributed by atoms with Crippen molar-refractivity contribution in [2.75, 3.05) is 20.7 Å². The molecule has 0 bridgehead atoms. The maximum Gasteiger partial charge on any atom is 0.359 e. The highest BCUT2D eigenvalue weighted by atomic mass is 16.5. The number of carbonyl (C=O) groups is 2. The van der Waals surface area contributed by atoms with Gasteiger partial charge in [0.15, 0.2) is 5.69 Å². The van der Waals surface area contributed by atoms with Gasteiger partial charge in [-0.15, -0.1) is 0 Å². The average Bonchev–Trinajstić information content (AvgIpc) is 3.30. The molecule has 1 saturated heterocycles. The summed E-state index contributed by atoms with van der Waals surface area (Å²) in [5.41, 5.74) is 0.593. The van der Waals surface area contributed by atoms with Crippen molar-refractivity contribution in [3.8, 4) is 23.6 Å². The maximum absolute atomic E-state index is 12.2. The Bertz CT molecular complexity index is 1320. The van der Waals surface area contributed by atoms with E-state index in [2.05, 4.69) is 23.0 Å². The molecule has 4 rings (SSSR count). The maximum atomic E-state index is 12.2. The fraction of sp³-hybridized carbons (Fsp3) is 0.217. The number of carbonyl (C=O) groups excluding carboxylic acids is 2. The SMILES string of the molecule is COC(=O)c1nn(-c2cccc(C#CC3(O)CCN(C)C3=O)c2)c2cc(C#N)ccc12. The second kappa shape index (κ2) is 7.60. The number of ether oxygens (including phenoxy) is 1. The smallest absolute Gasteiger partial charge is 0.359 e. The Morgan fingerprint density at radius 2 is 2.06 bits per heavy atom. The molecule has 0 spiro atoms. The van der Waals surface area contributed by atoms with Crippen molar-refractivity contribution in [2.45, 2.75) is 12.0 Å². The summed E-state index contributed by atoms with van der Waals surface area (Å²) in [6.45, 7) is 0.445. The number of hydrogen-bond donors (Lipinski definition) is 1. The Balaban J connectivity index is 1.80. The van der Waals surface area contributed by atoms with Crippen LogP contribution in [0.4, 0.5) is 0 Å². The number of esters is 1. The van der Waals surface area contributed by atoms with Gasteiger partial charge in [0.2, 0.25) is 5.60 Å². The molecule has 1 amide bonds. The van der Waals surface area contributed by atoms with E-state index in [9.17, 15) is 20.0 Å². The van der Waals surface area contributed by atoms with Gasteiger partial charge in [-0.05, 0) is 36.4 Å². The molecule has 3 aromatic rings. The molecule has 1 aliphatic heterocycles. The third-order valence-electron chi connectivity index (χ3n) is 5.20. The van der Waals surface area contributed by atoms with E-state index in [4.69, 9.17) is 4.74 Å². The minimum atomic E-state index is -1.69. The zero-order valence-corrected chi connectivity index (χ0v) is 16.9. The number of likely N-dealkylation sites (tertiary alicyclic amines) is 1. The summed E-state index contributed by atoms with van der Waals surface area (Å²) in [5, 5.41) is 24.7. The molecule has 31 heavy (non-hydrogen) atoms. The molecule has 8 nitrogen and oxygen atoms in total. The molecule has 1 aliphatic rings. The lowest BCUT2D eigenvalue weighted by Gasteiger charge is -2.13. The number of fused-ring (bicyclic) bond motifs is 1. The summed E-state index contributed by atoms with van der Waals surface area (Å²) in [4.78, 5) is 25.8. The highest BCUT2D eigenvalue weighted by Gasteiger charge is 2.42. The summed E-state index contributed by atoms with van der Waals surface area (Å²) in [6, 6.07) is 14.0. The number of benzene rings is 2. The van der Waals surface area contributed by atoms with Crippen LogP contribution in [0.2, 0.25) is 0 Å². The second-order valence-electron chi connectivity index (χ2n) is 7.23. The number of amides is 1. The van der Waals surface area contributed by atoms with Crippen LogP contribution in [0.5, 0.6) is 0 Å². The van der Waals surface area contributed by atoms with E-state index < -0.39 is 17.5 Å².